The fourth-order valence-electron chi connectivity index (χ4n) is 8.18. The minimum atomic E-state index is -1.24. The molecular weight excluding hydrogens is 591 g/mol. The average molecular weight is 630 g/mol. The summed E-state index contributed by atoms with van der Waals surface area (Å²) in [4.78, 5) is 40.6. The first-order valence-electron chi connectivity index (χ1n) is 15.0. The van der Waals surface area contributed by atoms with Gasteiger partial charge in [-0.2, -0.15) is 0 Å². The highest BCUT2D eigenvalue weighted by atomic mass is 35.5. The zero-order chi connectivity index (χ0) is 30.7. The number of halogens is 2. The standard InChI is InChI=1S/C32H38Cl2N4O5/c1-30(2)9-11-31(12-10-30)32(23-8-3-18(33)16-24(23)37-28(32)41)25(17-13-19(34)15-21(14-17)36-29(42)43)26(38-31)27(40)35-20-4-6-22(39)7-5-20/h3,8,13-16,20,22,25-26,36,38-39H,4-7,9-12H2,1-2H3,(H,35,40)(H,37,41)(H,42,43)/t20-,22-,25-,26+,32+/m0/s1. The van der Waals surface area contributed by atoms with Crippen LogP contribution in [0.25, 0.3) is 0 Å². The minimum Gasteiger partial charge on any atom is -0.465 e. The van der Waals surface area contributed by atoms with Gasteiger partial charge in [-0.15, -0.1) is 0 Å². The summed E-state index contributed by atoms with van der Waals surface area (Å²) < 4.78 is 0. The molecule has 0 unspecified atom stereocenters. The maximum atomic E-state index is 14.6. The van der Waals surface area contributed by atoms with Gasteiger partial charge < -0.3 is 20.8 Å². The number of carbonyl (C=O) groups is 3. The van der Waals surface area contributed by atoms with Crippen molar-refractivity contribution >= 4 is 52.5 Å². The number of amides is 3. The number of carbonyl (C=O) groups excluding carboxylic acids is 2. The highest BCUT2D eigenvalue weighted by molar-refractivity contribution is 6.31. The number of anilines is 2. The summed E-state index contributed by atoms with van der Waals surface area (Å²) in [5, 5.41) is 32.8. The van der Waals surface area contributed by atoms with Crippen molar-refractivity contribution in [3.63, 3.8) is 0 Å². The lowest BCUT2D eigenvalue weighted by Crippen LogP contribution is -2.61. The summed E-state index contributed by atoms with van der Waals surface area (Å²) in [6, 6.07) is 9.41. The van der Waals surface area contributed by atoms with Gasteiger partial charge in [0.2, 0.25) is 11.8 Å². The van der Waals surface area contributed by atoms with E-state index in [-0.39, 0.29) is 40.1 Å². The van der Waals surface area contributed by atoms with Crippen molar-refractivity contribution in [1.29, 1.82) is 0 Å². The molecule has 3 fully saturated rings. The molecule has 2 spiro atoms. The van der Waals surface area contributed by atoms with Gasteiger partial charge in [0.15, 0.2) is 0 Å². The van der Waals surface area contributed by atoms with Crippen LogP contribution in [0, 0.1) is 5.41 Å². The molecule has 2 heterocycles. The van der Waals surface area contributed by atoms with Gasteiger partial charge in [-0.3, -0.25) is 20.2 Å². The largest absolute Gasteiger partial charge is 0.465 e. The van der Waals surface area contributed by atoms with Gasteiger partial charge >= 0.3 is 6.09 Å². The molecular formula is C32H38Cl2N4O5. The van der Waals surface area contributed by atoms with E-state index in [0.29, 0.717) is 54.8 Å². The highest BCUT2D eigenvalue weighted by Crippen LogP contribution is 2.64. The lowest BCUT2D eigenvalue weighted by atomic mass is 9.53. The maximum absolute atomic E-state index is 14.6. The molecule has 1 saturated heterocycles. The van der Waals surface area contributed by atoms with Crippen LogP contribution < -0.4 is 21.3 Å². The molecule has 2 saturated carbocycles. The monoisotopic (exact) mass is 628 g/mol. The van der Waals surface area contributed by atoms with E-state index in [2.05, 4.69) is 35.1 Å². The van der Waals surface area contributed by atoms with E-state index in [0.717, 1.165) is 18.4 Å². The summed E-state index contributed by atoms with van der Waals surface area (Å²) in [6.07, 6.45) is 3.97. The van der Waals surface area contributed by atoms with Gasteiger partial charge in [0.25, 0.3) is 0 Å². The third-order valence-electron chi connectivity index (χ3n) is 10.3. The molecule has 6 N–H and O–H groups in total. The van der Waals surface area contributed by atoms with E-state index in [1.807, 2.05) is 6.07 Å². The number of hydrogen-bond donors (Lipinski definition) is 6. The van der Waals surface area contributed by atoms with Crippen molar-refractivity contribution in [3.8, 4) is 0 Å². The Kier molecular flexibility index (Phi) is 7.68. The zero-order valence-corrected chi connectivity index (χ0v) is 25.8. The average Bonchev–Trinajstić information content (AvgIpc) is 3.39. The molecule has 2 aromatic carbocycles. The van der Waals surface area contributed by atoms with Crippen LogP contribution in [0.4, 0.5) is 16.2 Å². The molecule has 9 nitrogen and oxygen atoms in total. The molecule has 2 aliphatic carbocycles. The van der Waals surface area contributed by atoms with E-state index in [1.165, 1.54) is 6.07 Å². The Morgan fingerprint density at radius 3 is 2.33 bits per heavy atom. The molecule has 3 amide bonds. The normalized spacial score (nSPS) is 30.6. The third kappa shape index (κ3) is 5.18. The Labute approximate surface area is 261 Å². The van der Waals surface area contributed by atoms with E-state index in [9.17, 15) is 24.6 Å². The van der Waals surface area contributed by atoms with Gasteiger partial charge in [0.05, 0.1) is 12.1 Å². The second-order valence-electron chi connectivity index (χ2n) is 13.5. The number of fused-ring (bicyclic) bond motifs is 3. The zero-order valence-electron chi connectivity index (χ0n) is 24.3. The van der Waals surface area contributed by atoms with Crippen LogP contribution in [0.5, 0.6) is 0 Å². The maximum Gasteiger partial charge on any atom is 0.409 e. The Balaban J connectivity index is 1.54. The number of rotatable bonds is 4. The Morgan fingerprint density at radius 1 is 0.953 bits per heavy atom. The summed E-state index contributed by atoms with van der Waals surface area (Å²) in [7, 11) is 0. The van der Waals surface area contributed by atoms with Crippen molar-refractivity contribution in [2.45, 2.75) is 100 Å². The number of aliphatic hydroxyl groups excluding tert-OH is 1. The lowest BCUT2D eigenvalue weighted by Gasteiger charge is -2.50. The van der Waals surface area contributed by atoms with Crippen molar-refractivity contribution < 1.29 is 24.6 Å². The second-order valence-corrected chi connectivity index (χ2v) is 14.4. The number of aliphatic hydroxyl groups is 1. The molecule has 2 aliphatic heterocycles. The van der Waals surface area contributed by atoms with Gasteiger partial charge in [-0.25, -0.2) is 4.79 Å². The molecule has 2 aromatic rings. The SMILES string of the molecule is CC1(C)CCC2(CC1)N[C@@H](C(=O)N[C@H]1CC[C@H](O)CC1)[C@H](c1cc(Cl)cc(NC(=O)O)c1)[C@]21C(=O)Nc2cc(Cl)ccc21. The second kappa shape index (κ2) is 10.9. The molecule has 230 valence electrons. The Hall–Kier alpha value is -2.85. The van der Waals surface area contributed by atoms with Crippen LogP contribution in [-0.4, -0.2) is 51.8 Å². The van der Waals surface area contributed by atoms with Crippen LogP contribution in [0.1, 0.15) is 82.3 Å². The van der Waals surface area contributed by atoms with Crippen molar-refractivity contribution in [2.75, 3.05) is 10.6 Å². The van der Waals surface area contributed by atoms with Crippen LogP contribution in [0.15, 0.2) is 36.4 Å². The fraction of sp³-hybridized carbons (Fsp3) is 0.531. The van der Waals surface area contributed by atoms with E-state index in [4.69, 9.17) is 23.2 Å². The predicted octanol–water partition coefficient (Wildman–Crippen LogP) is 5.79. The first-order chi connectivity index (χ1) is 20.3. The molecule has 6 rings (SSSR count). The van der Waals surface area contributed by atoms with Gasteiger partial charge in [-0.1, -0.05) is 43.1 Å². The molecule has 4 aliphatic rings. The Bertz CT molecular complexity index is 1460. The first kappa shape index (κ1) is 30.2. The number of benzene rings is 2. The van der Waals surface area contributed by atoms with Gasteiger partial charge in [-0.05, 0) is 98.2 Å². The lowest BCUT2D eigenvalue weighted by molar-refractivity contribution is -0.125. The summed E-state index contributed by atoms with van der Waals surface area (Å²) in [5.74, 6) is -1.17. The van der Waals surface area contributed by atoms with Crippen molar-refractivity contribution in [1.82, 2.24) is 10.6 Å². The smallest absolute Gasteiger partial charge is 0.409 e. The van der Waals surface area contributed by atoms with Crippen molar-refractivity contribution in [3.05, 3.63) is 57.6 Å². The van der Waals surface area contributed by atoms with Gasteiger partial charge in [0, 0.05) is 38.9 Å². The molecule has 0 aromatic heterocycles. The topological polar surface area (TPSA) is 140 Å². The van der Waals surface area contributed by atoms with E-state index < -0.39 is 29.0 Å². The first-order valence-corrected chi connectivity index (χ1v) is 15.8. The van der Waals surface area contributed by atoms with Crippen LogP contribution in [0.2, 0.25) is 10.0 Å². The summed E-state index contributed by atoms with van der Waals surface area (Å²) in [6.45, 7) is 4.45. The predicted molar refractivity (Wildman–Crippen MR) is 166 cm³/mol. The third-order valence-corrected chi connectivity index (χ3v) is 10.8. The summed E-state index contributed by atoms with van der Waals surface area (Å²) in [5.41, 5.74) is 0.307. The molecule has 0 radical (unpaired) electrons. The molecule has 43 heavy (non-hydrogen) atoms. The summed E-state index contributed by atoms with van der Waals surface area (Å²) >= 11 is 13.0. The Morgan fingerprint density at radius 2 is 1.65 bits per heavy atom. The van der Waals surface area contributed by atoms with E-state index >= 15 is 0 Å². The number of hydrogen-bond acceptors (Lipinski definition) is 5. The van der Waals surface area contributed by atoms with Crippen LogP contribution >= 0.6 is 23.2 Å². The molecule has 3 atom stereocenters. The molecule has 0 bridgehead atoms. The van der Waals surface area contributed by atoms with E-state index in [1.54, 1.807) is 24.3 Å². The highest BCUT2D eigenvalue weighted by Gasteiger charge is 2.72. The van der Waals surface area contributed by atoms with Crippen LogP contribution in [-0.2, 0) is 15.0 Å². The molecule has 11 heteroatoms. The number of nitrogens with one attached hydrogen (secondary N) is 4. The van der Waals surface area contributed by atoms with Crippen molar-refractivity contribution in [2.24, 2.45) is 5.41 Å². The fourth-order valence-corrected chi connectivity index (χ4v) is 8.60. The number of carboxylic acid groups (broad SMARTS) is 1. The quantitative estimate of drug-likeness (QED) is 0.253. The van der Waals surface area contributed by atoms with Gasteiger partial charge in [0.1, 0.15) is 5.41 Å². The van der Waals surface area contributed by atoms with Crippen LogP contribution in [0.3, 0.4) is 0 Å². The minimum absolute atomic E-state index is 0.0689.